The molecule has 148 valence electrons. The van der Waals surface area contributed by atoms with Crippen molar-refractivity contribution in [3.63, 3.8) is 0 Å². The molecule has 0 spiro atoms. The molecule has 0 amide bonds. The van der Waals surface area contributed by atoms with Gasteiger partial charge in [0.15, 0.2) is 25.5 Å². The Morgan fingerprint density at radius 3 is 1.57 bits per heavy atom. The summed E-state index contributed by atoms with van der Waals surface area (Å²) in [7, 11) is 0. The zero-order valence-electron chi connectivity index (χ0n) is 16.1. The summed E-state index contributed by atoms with van der Waals surface area (Å²) in [4.78, 5) is 0. The highest BCUT2D eigenvalue weighted by molar-refractivity contribution is 5.79. The van der Waals surface area contributed by atoms with Crippen molar-refractivity contribution in [2.24, 2.45) is 5.41 Å². The predicted molar refractivity (Wildman–Crippen MR) is 107 cm³/mol. The van der Waals surface area contributed by atoms with E-state index in [0.29, 0.717) is 13.1 Å². The van der Waals surface area contributed by atoms with Crippen LogP contribution in [0.5, 0.6) is 0 Å². The second-order valence-electron chi connectivity index (χ2n) is 7.91. The van der Waals surface area contributed by atoms with Crippen molar-refractivity contribution in [3.8, 4) is 0 Å². The molecule has 0 saturated carbocycles. The van der Waals surface area contributed by atoms with Crippen LogP contribution in [-0.4, -0.2) is 71.2 Å². The molecule has 2 N–H and O–H groups in total. The zero-order valence-corrected chi connectivity index (χ0v) is 17.7. The minimum Gasteiger partial charge on any atom is -1.00 e. The van der Waals surface area contributed by atoms with Crippen molar-refractivity contribution in [2.75, 3.05) is 39.4 Å². The van der Waals surface area contributed by atoms with Crippen LogP contribution in [0.25, 0.3) is 0 Å². The molecule has 4 rings (SSSR count). The fourth-order valence-corrected chi connectivity index (χ4v) is 4.24. The van der Waals surface area contributed by atoms with Gasteiger partial charge < -0.3 is 27.2 Å². The number of aliphatic hydroxyl groups excluding tert-OH is 2. The molecular formula is C23H28BrN2O2+. The standard InChI is InChI=1S/C23H28N2O2.BrH/c26-17-23(18-27,15-24-11-9-19-5-1-3-7-21(19)13-24)16-25-12-10-20-6-2-4-8-22(20)14-25;/h1-8,13-14,26-27H,9-12,15-18H2;1H/q+2;/p-1. The van der Waals surface area contributed by atoms with Crippen LogP contribution in [0, 0.1) is 5.41 Å². The first-order chi connectivity index (χ1) is 13.2. The van der Waals surface area contributed by atoms with E-state index in [-0.39, 0.29) is 30.2 Å². The zero-order chi connectivity index (χ0) is 18.7. The lowest BCUT2D eigenvalue weighted by Crippen LogP contribution is -3.00. The molecular weight excluding hydrogens is 416 g/mol. The molecule has 2 aliphatic heterocycles. The summed E-state index contributed by atoms with van der Waals surface area (Å²) in [6, 6.07) is 16.9. The quantitative estimate of drug-likeness (QED) is 0.524. The Hall–Kier alpha value is -1.82. The summed E-state index contributed by atoms with van der Waals surface area (Å²) in [5, 5.41) is 20.4. The lowest BCUT2D eigenvalue weighted by Gasteiger charge is -2.27. The van der Waals surface area contributed by atoms with Crippen LogP contribution in [0.3, 0.4) is 0 Å². The maximum absolute atomic E-state index is 10.2. The molecule has 0 aromatic heterocycles. The van der Waals surface area contributed by atoms with E-state index in [4.69, 9.17) is 0 Å². The maximum atomic E-state index is 10.2. The lowest BCUT2D eigenvalue weighted by molar-refractivity contribution is -0.580. The highest BCUT2D eigenvalue weighted by atomic mass is 79.9. The van der Waals surface area contributed by atoms with Gasteiger partial charge in [-0.15, -0.1) is 0 Å². The molecule has 2 aliphatic rings. The second kappa shape index (κ2) is 9.12. The summed E-state index contributed by atoms with van der Waals surface area (Å²) in [6.07, 6.45) is 6.36. The second-order valence-corrected chi connectivity index (χ2v) is 7.91. The Morgan fingerprint density at radius 1 is 0.714 bits per heavy atom. The fraction of sp³-hybridized carbons (Fsp3) is 0.391. The van der Waals surface area contributed by atoms with Crippen LogP contribution in [0.15, 0.2) is 48.5 Å². The van der Waals surface area contributed by atoms with E-state index in [1.165, 1.54) is 22.3 Å². The molecule has 0 bridgehead atoms. The van der Waals surface area contributed by atoms with Crippen molar-refractivity contribution in [1.82, 2.24) is 0 Å². The Labute approximate surface area is 177 Å². The van der Waals surface area contributed by atoms with E-state index in [2.05, 4.69) is 70.1 Å². The third kappa shape index (κ3) is 4.43. The third-order valence-electron chi connectivity index (χ3n) is 5.84. The summed E-state index contributed by atoms with van der Waals surface area (Å²) in [6.45, 7) is 3.10. The molecule has 4 nitrogen and oxygen atoms in total. The lowest BCUT2D eigenvalue weighted by atomic mass is 9.88. The minimum absolute atomic E-state index is 0. The van der Waals surface area contributed by atoms with E-state index in [0.717, 1.165) is 25.9 Å². The van der Waals surface area contributed by atoms with Crippen molar-refractivity contribution >= 4 is 12.4 Å². The summed E-state index contributed by atoms with van der Waals surface area (Å²) < 4.78 is 4.51. The molecule has 2 heterocycles. The van der Waals surface area contributed by atoms with Crippen molar-refractivity contribution in [2.45, 2.75) is 12.8 Å². The first kappa shape index (κ1) is 20.9. The molecule has 28 heavy (non-hydrogen) atoms. The van der Waals surface area contributed by atoms with Crippen molar-refractivity contribution < 1.29 is 36.3 Å². The monoisotopic (exact) mass is 443 g/mol. The molecule has 0 fully saturated rings. The van der Waals surface area contributed by atoms with Gasteiger partial charge in [-0.05, 0) is 23.3 Å². The van der Waals surface area contributed by atoms with Gasteiger partial charge in [-0.1, -0.05) is 36.4 Å². The van der Waals surface area contributed by atoms with Crippen LogP contribution >= 0.6 is 0 Å². The Morgan fingerprint density at radius 2 is 1.14 bits per heavy atom. The van der Waals surface area contributed by atoms with Crippen LogP contribution in [0.1, 0.15) is 22.3 Å². The topological polar surface area (TPSA) is 46.5 Å². The van der Waals surface area contributed by atoms with E-state index >= 15 is 0 Å². The van der Waals surface area contributed by atoms with Gasteiger partial charge in [0.05, 0.1) is 13.2 Å². The summed E-state index contributed by atoms with van der Waals surface area (Å²) >= 11 is 0. The van der Waals surface area contributed by atoms with Crippen LogP contribution in [-0.2, 0) is 12.8 Å². The van der Waals surface area contributed by atoms with Crippen molar-refractivity contribution in [1.29, 1.82) is 0 Å². The number of hydrogen-bond acceptors (Lipinski definition) is 2. The Kier molecular flexibility index (Phi) is 6.81. The largest absolute Gasteiger partial charge is 1.00 e. The Balaban J connectivity index is 0.00000225. The fourth-order valence-electron chi connectivity index (χ4n) is 4.24. The highest BCUT2D eigenvalue weighted by Gasteiger charge is 2.40. The molecule has 2 aromatic rings. The van der Waals surface area contributed by atoms with Crippen LogP contribution in [0.4, 0.5) is 0 Å². The first-order valence-corrected chi connectivity index (χ1v) is 9.77. The molecule has 0 radical (unpaired) electrons. The molecule has 0 aliphatic carbocycles. The smallest absolute Gasteiger partial charge is 0.170 e. The van der Waals surface area contributed by atoms with E-state index < -0.39 is 5.41 Å². The minimum atomic E-state index is -0.550. The van der Waals surface area contributed by atoms with Crippen LogP contribution in [0.2, 0.25) is 0 Å². The van der Waals surface area contributed by atoms with E-state index in [9.17, 15) is 10.2 Å². The van der Waals surface area contributed by atoms with Crippen LogP contribution < -0.4 is 17.0 Å². The average molecular weight is 444 g/mol. The number of fused-ring (bicyclic) bond motifs is 2. The first-order valence-electron chi connectivity index (χ1n) is 9.77. The normalized spacial score (nSPS) is 15.6. The van der Waals surface area contributed by atoms with E-state index in [1.54, 1.807) is 0 Å². The Bertz CT molecular complexity index is 818. The van der Waals surface area contributed by atoms with Gasteiger partial charge in [-0.3, -0.25) is 0 Å². The van der Waals surface area contributed by atoms with Crippen molar-refractivity contribution in [3.05, 3.63) is 70.8 Å². The molecule has 5 heteroatoms. The van der Waals surface area contributed by atoms with Gasteiger partial charge in [0.1, 0.15) is 18.5 Å². The van der Waals surface area contributed by atoms with Gasteiger partial charge in [-0.25, -0.2) is 9.15 Å². The summed E-state index contributed by atoms with van der Waals surface area (Å²) in [5.41, 5.74) is 4.67. The number of rotatable bonds is 6. The number of nitrogens with zero attached hydrogens (tertiary/aromatic N) is 2. The van der Waals surface area contributed by atoms with Gasteiger partial charge in [-0.2, -0.15) is 0 Å². The van der Waals surface area contributed by atoms with Gasteiger partial charge >= 0.3 is 0 Å². The SMILES string of the molecule is OCC(CO)(C[N+]1=Cc2ccccc2CC1)C[N+]1=Cc2ccccc2CC1.[Br-]. The number of hydrogen-bond donors (Lipinski definition) is 2. The molecule has 2 aromatic carbocycles. The van der Waals surface area contributed by atoms with Gasteiger partial charge in [0.25, 0.3) is 0 Å². The maximum Gasteiger partial charge on any atom is 0.170 e. The predicted octanol–water partition coefficient (Wildman–Crippen LogP) is -1.66. The van der Waals surface area contributed by atoms with Gasteiger partial charge in [0, 0.05) is 24.0 Å². The highest BCUT2D eigenvalue weighted by Crippen LogP contribution is 2.21. The molecule has 0 unspecified atom stereocenters. The van der Waals surface area contributed by atoms with Gasteiger partial charge in [0.2, 0.25) is 0 Å². The number of benzene rings is 2. The summed E-state index contributed by atoms with van der Waals surface area (Å²) in [5.74, 6) is 0. The average Bonchev–Trinajstić information content (AvgIpc) is 2.73. The molecule has 0 saturated heterocycles. The van der Waals surface area contributed by atoms with E-state index in [1.807, 2.05) is 0 Å². The number of halogens is 1. The number of aliphatic hydroxyl groups is 2. The molecule has 0 atom stereocenters. The third-order valence-corrected chi connectivity index (χ3v) is 5.84.